The molecular formula is C33H35N3O6S. The molecule has 10 heteroatoms. The van der Waals surface area contributed by atoms with E-state index in [1.807, 2.05) is 44.2 Å². The van der Waals surface area contributed by atoms with Gasteiger partial charge in [-0.25, -0.2) is 13.8 Å². The first-order chi connectivity index (χ1) is 20.8. The molecule has 0 fully saturated rings. The van der Waals surface area contributed by atoms with Crippen LogP contribution < -0.4 is 23.9 Å². The van der Waals surface area contributed by atoms with Crippen molar-refractivity contribution >= 4 is 27.8 Å². The van der Waals surface area contributed by atoms with Crippen molar-refractivity contribution in [3.05, 3.63) is 114 Å². The van der Waals surface area contributed by atoms with Crippen LogP contribution in [0.15, 0.2) is 107 Å². The average Bonchev–Trinajstić information content (AvgIpc) is 3.01. The van der Waals surface area contributed by atoms with Gasteiger partial charge in [0.05, 0.1) is 30.0 Å². The SMILES string of the molecule is CCOc1cc(/C=N\NC(=O)CN(c2ccccc2OCC)S(=O)(=O)c2ccc(C)cc2)ccc1OCc1ccccc1. The molecule has 224 valence electrons. The fraction of sp³-hybridized carbons (Fsp3) is 0.212. The molecule has 0 saturated carbocycles. The Kier molecular flexibility index (Phi) is 10.8. The summed E-state index contributed by atoms with van der Waals surface area (Å²) in [6.07, 6.45) is 1.45. The highest BCUT2D eigenvalue weighted by atomic mass is 32.2. The predicted octanol–water partition coefficient (Wildman–Crippen LogP) is 5.72. The Labute approximate surface area is 252 Å². The fourth-order valence-electron chi connectivity index (χ4n) is 4.15. The van der Waals surface area contributed by atoms with Gasteiger partial charge in [-0.15, -0.1) is 0 Å². The number of carbonyl (C=O) groups excluding carboxylic acids is 1. The number of carbonyl (C=O) groups is 1. The van der Waals surface area contributed by atoms with Crippen molar-refractivity contribution in [3.8, 4) is 17.2 Å². The number of anilines is 1. The summed E-state index contributed by atoms with van der Waals surface area (Å²) in [6.45, 7) is 6.18. The van der Waals surface area contributed by atoms with Crippen molar-refractivity contribution in [2.75, 3.05) is 24.1 Å². The molecule has 4 aromatic carbocycles. The smallest absolute Gasteiger partial charge is 0.264 e. The highest BCUT2D eigenvalue weighted by Gasteiger charge is 2.29. The summed E-state index contributed by atoms with van der Waals surface area (Å²) in [5.41, 5.74) is 5.28. The number of rotatable bonds is 14. The minimum absolute atomic E-state index is 0.0544. The van der Waals surface area contributed by atoms with Crippen molar-refractivity contribution in [2.45, 2.75) is 32.3 Å². The Morgan fingerprint density at radius 3 is 2.21 bits per heavy atom. The lowest BCUT2D eigenvalue weighted by Gasteiger charge is -2.25. The Morgan fingerprint density at radius 2 is 1.49 bits per heavy atom. The molecule has 0 aliphatic heterocycles. The topological polar surface area (TPSA) is 107 Å². The van der Waals surface area contributed by atoms with Gasteiger partial charge in [0.15, 0.2) is 11.5 Å². The van der Waals surface area contributed by atoms with Gasteiger partial charge in [0.2, 0.25) is 0 Å². The summed E-state index contributed by atoms with van der Waals surface area (Å²) in [6, 6.07) is 28.3. The van der Waals surface area contributed by atoms with Gasteiger partial charge in [0.25, 0.3) is 15.9 Å². The van der Waals surface area contributed by atoms with Crippen LogP contribution in [0.2, 0.25) is 0 Å². The maximum atomic E-state index is 13.7. The lowest BCUT2D eigenvalue weighted by molar-refractivity contribution is -0.119. The van der Waals surface area contributed by atoms with Crippen LogP contribution in [-0.2, 0) is 21.4 Å². The molecule has 0 bridgehead atoms. The van der Waals surface area contributed by atoms with Gasteiger partial charge < -0.3 is 14.2 Å². The molecule has 0 spiro atoms. The Bertz CT molecular complexity index is 1640. The third-order valence-corrected chi connectivity index (χ3v) is 8.01. The Hall–Kier alpha value is -4.83. The second-order valence-corrected chi connectivity index (χ2v) is 11.3. The lowest BCUT2D eigenvalue weighted by Crippen LogP contribution is -2.39. The number of sulfonamides is 1. The van der Waals surface area contributed by atoms with E-state index < -0.39 is 22.5 Å². The summed E-state index contributed by atoms with van der Waals surface area (Å²) in [4.78, 5) is 13.1. The van der Waals surface area contributed by atoms with Gasteiger partial charge in [0, 0.05) is 0 Å². The Balaban J connectivity index is 1.51. The largest absolute Gasteiger partial charge is 0.492 e. The summed E-state index contributed by atoms with van der Waals surface area (Å²) in [7, 11) is -4.12. The number of para-hydroxylation sites is 2. The molecular weight excluding hydrogens is 566 g/mol. The highest BCUT2D eigenvalue weighted by molar-refractivity contribution is 7.92. The molecule has 4 rings (SSSR count). The minimum atomic E-state index is -4.12. The fourth-order valence-corrected chi connectivity index (χ4v) is 5.58. The third-order valence-electron chi connectivity index (χ3n) is 6.24. The quantitative estimate of drug-likeness (QED) is 0.146. The molecule has 1 N–H and O–H groups in total. The van der Waals surface area contributed by atoms with E-state index in [4.69, 9.17) is 14.2 Å². The molecule has 0 saturated heterocycles. The first kappa shape index (κ1) is 31.1. The van der Waals surface area contributed by atoms with E-state index >= 15 is 0 Å². The zero-order valence-electron chi connectivity index (χ0n) is 24.4. The van der Waals surface area contributed by atoms with E-state index in [0.717, 1.165) is 15.4 Å². The van der Waals surface area contributed by atoms with Crippen LogP contribution in [-0.4, -0.2) is 40.3 Å². The lowest BCUT2D eigenvalue weighted by atomic mass is 10.2. The number of amides is 1. The number of ether oxygens (including phenoxy) is 3. The molecule has 0 radical (unpaired) electrons. The first-order valence-electron chi connectivity index (χ1n) is 13.9. The van der Waals surface area contributed by atoms with Gasteiger partial charge in [-0.05, 0) is 74.4 Å². The Morgan fingerprint density at radius 1 is 0.814 bits per heavy atom. The maximum absolute atomic E-state index is 13.7. The van der Waals surface area contributed by atoms with E-state index in [9.17, 15) is 13.2 Å². The number of nitrogens with one attached hydrogen (secondary N) is 1. The third kappa shape index (κ3) is 8.36. The van der Waals surface area contributed by atoms with Crippen LogP contribution in [0, 0.1) is 6.92 Å². The normalized spacial score (nSPS) is 11.2. The molecule has 0 atom stereocenters. The van der Waals surface area contributed by atoms with E-state index in [0.29, 0.717) is 42.6 Å². The zero-order valence-corrected chi connectivity index (χ0v) is 25.2. The van der Waals surface area contributed by atoms with Gasteiger partial charge in [0.1, 0.15) is 18.9 Å². The number of nitrogens with zero attached hydrogens (tertiary/aromatic N) is 2. The van der Waals surface area contributed by atoms with E-state index in [1.54, 1.807) is 61.5 Å². The van der Waals surface area contributed by atoms with E-state index in [-0.39, 0.29) is 10.6 Å². The highest BCUT2D eigenvalue weighted by Crippen LogP contribution is 2.33. The standard InChI is InChI=1S/C33H35N3O6S/c1-4-40-30-14-10-9-13-29(30)36(43(38,39)28-18-15-25(3)16-19-28)23-33(37)35-34-22-27-17-20-31(32(21-27)41-5-2)42-24-26-11-7-6-8-12-26/h6-22H,4-5,23-24H2,1-3H3,(H,35,37)/b34-22-. The number of hydrazone groups is 1. The minimum Gasteiger partial charge on any atom is -0.492 e. The second-order valence-electron chi connectivity index (χ2n) is 9.43. The monoisotopic (exact) mass is 601 g/mol. The van der Waals surface area contributed by atoms with Crippen molar-refractivity contribution in [2.24, 2.45) is 5.10 Å². The van der Waals surface area contributed by atoms with E-state index in [1.165, 1.54) is 18.3 Å². The number of hydrogen-bond acceptors (Lipinski definition) is 7. The molecule has 43 heavy (non-hydrogen) atoms. The van der Waals surface area contributed by atoms with Crippen molar-refractivity contribution < 1.29 is 27.4 Å². The summed E-state index contributed by atoms with van der Waals surface area (Å²) >= 11 is 0. The van der Waals surface area contributed by atoms with Gasteiger partial charge in [-0.2, -0.15) is 5.10 Å². The average molecular weight is 602 g/mol. The molecule has 9 nitrogen and oxygen atoms in total. The van der Waals surface area contributed by atoms with Crippen LogP contribution in [0.1, 0.15) is 30.5 Å². The molecule has 1 amide bonds. The molecule has 0 aromatic heterocycles. The molecule has 0 aliphatic rings. The molecule has 0 aliphatic carbocycles. The zero-order chi connectivity index (χ0) is 30.7. The van der Waals surface area contributed by atoms with E-state index in [2.05, 4.69) is 10.5 Å². The molecule has 4 aromatic rings. The van der Waals surface area contributed by atoms with Crippen LogP contribution in [0.5, 0.6) is 17.2 Å². The second kappa shape index (κ2) is 14.9. The number of hydrogen-bond donors (Lipinski definition) is 1. The first-order valence-corrected chi connectivity index (χ1v) is 15.3. The number of benzene rings is 4. The van der Waals surface area contributed by atoms with Crippen LogP contribution in [0.4, 0.5) is 5.69 Å². The van der Waals surface area contributed by atoms with Crippen LogP contribution >= 0.6 is 0 Å². The van der Waals surface area contributed by atoms with Crippen molar-refractivity contribution in [1.82, 2.24) is 5.43 Å². The number of aryl methyl sites for hydroxylation is 1. The summed E-state index contributed by atoms with van der Waals surface area (Å²) < 4.78 is 45.9. The van der Waals surface area contributed by atoms with Crippen LogP contribution in [0.3, 0.4) is 0 Å². The van der Waals surface area contributed by atoms with Crippen molar-refractivity contribution in [1.29, 1.82) is 0 Å². The van der Waals surface area contributed by atoms with Gasteiger partial charge in [-0.1, -0.05) is 60.2 Å². The summed E-state index contributed by atoms with van der Waals surface area (Å²) in [5, 5.41) is 4.06. The van der Waals surface area contributed by atoms with Gasteiger partial charge in [-0.3, -0.25) is 9.10 Å². The van der Waals surface area contributed by atoms with Crippen LogP contribution in [0.25, 0.3) is 0 Å². The van der Waals surface area contributed by atoms with Crippen molar-refractivity contribution in [3.63, 3.8) is 0 Å². The maximum Gasteiger partial charge on any atom is 0.264 e. The van der Waals surface area contributed by atoms with Gasteiger partial charge >= 0.3 is 0 Å². The molecule has 0 heterocycles. The molecule has 0 unspecified atom stereocenters. The predicted molar refractivity (Wildman–Crippen MR) is 167 cm³/mol. The summed E-state index contributed by atoms with van der Waals surface area (Å²) in [5.74, 6) is 0.828.